The van der Waals surface area contributed by atoms with Gasteiger partial charge < -0.3 is 10.5 Å². The summed E-state index contributed by atoms with van der Waals surface area (Å²) in [5, 5.41) is 0. The zero-order valence-electron chi connectivity index (χ0n) is 8.01. The Balaban J connectivity index is 3.40. The van der Waals surface area contributed by atoms with E-state index in [0.717, 1.165) is 19.3 Å². The monoisotopic (exact) mass is 173 g/mol. The maximum atomic E-state index is 10.9. The Kier molecular flexibility index (Phi) is 6.76. The van der Waals surface area contributed by atoms with E-state index in [-0.39, 0.29) is 12.0 Å². The Bertz CT molecular complexity index is 126. The van der Waals surface area contributed by atoms with Crippen molar-refractivity contribution >= 4 is 5.97 Å². The van der Waals surface area contributed by atoms with E-state index in [9.17, 15) is 4.79 Å². The highest BCUT2D eigenvalue weighted by atomic mass is 16.5. The third-order valence-electron chi connectivity index (χ3n) is 1.66. The van der Waals surface area contributed by atoms with E-state index in [4.69, 9.17) is 10.5 Å². The van der Waals surface area contributed by atoms with Crippen LogP contribution in [-0.2, 0) is 9.53 Å². The first kappa shape index (κ1) is 11.4. The van der Waals surface area contributed by atoms with Crippen molar-refractivity contribution in [3.63, 3.8) is 0 Å². The standard InChI is InChI=1S/C9H19NO2/c1-3-5-6-8(10)7-9(11)12-4-2/h8H,3-7,10H2,1-2H3/t8-/m0/s1. The number of ether oxygens (including phenoxy) is 1. The lowest BCUT2D eigenvalue weighted by atomic mass is 10.1. The van der Waals surface area contributed by atoms with Crippen LogP contribution < -0.4 is 5.73 Å². The zero-order valence-corrected chi connectivity index (χ0v) is 8.01. The van der Waals surface area contributed by atoms with E-state index in [2.05, 4.69) is 6.92 Å². The van der Waals surface area contributed by atoms with Gasteiger partial charge in [0.15, 0.2) is 0 Å². The van der Waals surface area contributed by atoms with E-state index in [1.807, 2.05) is 0 Å². The number of nitrogens with two attached hydrogens (primary N) is 1. The van der Waals surface area contributed by atoms with Crippen LogP contribution in [0.3, 0.4) is 0 Å². The highest BCUT2D eigenvalue weighted by Gasteiger charge is 2.08. The van der Waals surface area contributed by atoms with Gasteiger partial charge in [0.1, 0.15) is 0 Å². The summed E-state index contributed by atoms with van der Waals surface area (Å²) in [5.74, 6) is -0.180. The van der Waals surface area contributed by atoms with Crippen molar-refractivity contribution in [1.29, 1.82) is 0 Å². The minimum absolute atomic E-state index is 0.0241. The minimum Gasteiger partial charge on any atom is -0.466 e. The van der Waals surface area contributed by atoms with Crippen molar-refractivity contribution < 1.29 is 9.53 Å². The van der Waals surface area contributed by atoms with Crippen molar-refractivity contribution in [3.8, 4) is 0 Å². The molecule has 0 aliphatic heterocycles. The molecule has 0 saturated heterocycles. The van der Waals surface area contributed by atoms with Gasteiger partial charge in [-0.15, -0.1) is 0 Å². The molecule has 0 heterocycles. The van der Waals surface area contributed by atoms with Crippen molar-refractivity contribution in [2.75, 3.05) is 6.61 Å². The highest BCUT2D eigenvalue weighted by molar-refractivity contribution is 5.70. The Morgan fingerprint density at radius 1 is 1.50 bits per heavy atom. The number of esters is 1. The fourth-order valence-electron chi connectivity index (χ4n) is 1.00. The lowest BCUT2D eigenvalue weighted by Gasteiger charge is -2.09. The second-order valence-corrected chi connectivity index (χ2v) is 2.91. The molecule has 0 aromatic rings. The number of carbonyl (C=O) groups is 1. The number of hydrogen-bond acceptors (Lipinski definition) is 3. The molecule has 0 fully saturated rings. The van der Waals surface area contributed by atoms with Gasteiger partial charge in [-0.25, -0.2) is 0 Å². The number of rotatable bonds is 6. The first-order valence-electron chi connectivity index (χ1n) is 4.61. The minimum atomic E-state index is -0.180. The smallest absolute Gasteiger partial charge is 0.307 e. The lowest BCUT2D eigenvalue weighted by molar-refractivity contribution is -0.143. The van der Waals surface area contributed by atoms with E-state index in [1.165, 1.54) is 0 Å². The summed E-state index contributed by atoms with van der Waals surface area (Å²) >= 11 is 0. The normalized spacial score (nSPS) is 12.6. The Morgan fingerprint density at radius 2 is 2.17 bits per heavy atom. The molecule has 3 heteroatoms. The average Bonchev–Trinajstić information content (AvgIpc) is 2.01. The maximum Gasteiger partial charge on any atom is 0.307 e. The van der Waals surface area contributed by atoms with E-state index < -0.39 is 0 Å². The molecule has 0 aromatic heterocycles. The van der Waals surface area contributed by atoms with E-state index in [1.54, 1.807) is 6.92 Å². The van der Waals surface area contributed by atoms with Gasteiger partial charge in [0.25, 0.3) is 0 Å². The maximum absolute atomic E-state index is 10.9. The lowest BCUT2D eigenvalue weighted by Crippen LogP contribution is -2.24. The quantitative estimate of drug-likeness (QED) is 0.619. The van der Waals surface area contributed by atoms with E-state index in [0.29, 0.717) is 13.0 Å². The molecule has 0 saturated carbocycles. The molecule has 2 N–H and O–H groups in total. The summed E-state index contributed by atoms with van der Waals surface area (Å²) in [4.78, 5) is 10.9. The van der Waals surface area contributed by atoms with Crippen LogP contribution in [0.25, 0.3) is 0 Å². The molecule has 72 valence electrons. The van der Waals surface area contributed by atoms with Crippen LogP contribution in [0, 0.1) is 0 Å². The third-order valence-corrected chi connectivity index (χ3v) is 1.66. The summed E-state index contributed by atoms with van der Waals surface area (Å²) < 4.78 is 4.77. The fraction of sp³-hybridized carbons (Fsp3) is 0.889. The van der Waals surface area contributed by atoms with Crippen LogP contribution in [-0.4, -0.2) is 18.6 Å². The topological polar surface area (TPSA) is 52.3 Å². The second kappa shape index (κ2) is 7.10. The van der Waals surface area contributed by atoms with Gasteiger partial charge in [0, 0.05) is 6.04 Å². The van der Waals surface area contributed by atoms with Crippen LogP contribution in [0.15, 0.2) is 0 Å². The Hall–Kier alpha value is -0.570. The highest BCUT2D eigenvalue weighted by Crippen LogP contribution is 2.02. The van der Waals surface area contributed by atoms with Crippen molar-refractivity contribution in [1.82, 2.24) is 0 Å². The summed E-state index contributed by atoms with van der Waals surface area (Å²) in [6, 6.07) is -0.0241. The van der Waals surface area contributed by atoms with Crippen molar-refractivity contribution in [3.05, 3.63) is 0 Å². The van der Waals surface area contributed by atoms with Crippen molar-refractivity contribution in [2.45, 2.75) is 45.6 Å². The van der Waals surface area contributed by atoms with Gasteiger partial charge >= 0.3 is 5.97 Å². The van der Waals surface area contributed by atoms with Crippen LogP contribution in [0.1, 0.15) is 39.5 Å². The molecule has 3 nitrogen and oxygen atoms in total. The molecule has 0 aliphatic carbocycles. The summed E-state index contributed by atoms with van der Waals surface area (Å²) in [7, 11) is 0. The van der Waals surface area contributed by atoms with Crippen molar-refractivity contribution in [2.24, 2.45) is 5.73 Å². The summed E-state index contributed by atoms with van der Waals surface area (Å²) in [5.41, 5.74) is 5.69. The predicted molar refractivity (Wildman–Crippen MR) is 48.8 cm³/mol. The molecule has 0 radical (unpaired) electrons. The number of hydrogen-bond donors (Lipinski definition) is 1. The molecular weight excluding hydrogens is 154 g/mol. The van der Waals surface area contributed by atoms with Gasteiger partial charge in [-0.2, -0.15) is 0 Å². The van der Waals surface area contributed by atoms with Gasteiger partial charge in [0.05, 0.1) is 13.0 Å². The third kappa shape index (κ3) is 6.16. The Labute approximate surface area is 74.3 Å². The average molecular weight is 173 g/mol. The molecule has 0 bridgehead atoms. The molecule has 0 unspecified atom stereocenters. The van der Waals surface area contributed by atoms with E-state index >= 15 is 0 Å². The zero-order chi connectivity index (χ0) is 9.40. The molecule has 0 amide bonds. The first-order chi connectivity index (χ1) is 5.70. The van der Waals surface area contributed by atoms with Crippen LogP contribution >= 0.6 is 0 Å². The van der Waals surface area contributed by atoms with Gasteiger partial charge in [-0.1, -0.05) is 19.8 Å². The molecule has 1 atom stereocenters. The predicted octanol–water partition coefficient (Wildman–Crippen LogP) is 1.46. The molecule has 0 aliphatic rings. The molecule has 0 spiro atoms. The number of carbonyl (C=O) groups excluding carboxylic acids is 1. The van der Waals surface area contributed by atoms with Crippen LogP contribution in [0.4, 0.5) is 0 Å². The fourth-order valence-corrected chi connectivity index (χ4v) is 1.00. The molecular formula is C9H19NO2. The van der Waals surface area contributed by atoms with Gasteiger partial charge in [0.2, 0.25) is 0 Å². The van der Waals surface area contributed by atoms with Crippen LogP contribution in [0.5, 0.6) is 0 Å². The summed E-state index contributed by atoms with van der Waals surface area (Å²) in [6.07, 6.45) is 3.47. The molecule has 0 rings (SSSR count). The van der Waals surface area contributed by atoms with Gasteiger partial charge in [-0.3, -0.25) is 4.79 Å². The van der Waals surface area contributed by atoms with Gasteiger partial charge in [-0.05, 0) is 13.3 Å². The number of unbranched alkanes of at least 4 members (excludes halogenated alkanes) is 1. The first-order valence-corrected chi connectivity index (χ1v) is 4.61. The summed E-state index contributed by atoms with van der Waals surface area (Å²) in [6.45, 7) is 4.35. The SMILES string of the molecule is CCCC[C@H](N)CC(=O)OCC. The Morgan fingerprint density at radius 3 is 2.67 bits per heavy atom. The molecule has 12 heavy (non-hydrogen) atoms. The van der Waals surface area contributed by atoms with Crippen LogP contribution in [0.2, 0.25) is 0 Å². The largest absolute Gasteiger partial charge is 0.466 e. The second-order valence-electron chi connectivity index (χ2n) is 2.91. The molecule has 0 aromatic carbocycles.